The number of rotatable bonds is 4. The standard InChI is InChI=1S/C19H28N2O2/c1-16-6-2-3-8-18(16)19(22)21-10-5-4-7-17(21)9-11-20-12-14-23-15-13-20/h2-3,6,8,17H,4-5,7,9-15H2,1H3/t17-/m0/s1. The van der Waals surface area contributed by atoms with Crippen molar-refractivity contribution in [3.63, 3.8) is 0 Å². The number of nitrogens with zero attached hydrogens (tertiary/aromatic N) is 2. The molecule has 1 aromatic carbocycles. The van der Waals surface area contributed by atoms with Crippen molar-refractivity contribution in [1.29, 1.82) is 0 Å². The minimum absolute atomic E-state index is 0.217. The van der Waals surface area contributed by atoms with Crippen molar-refractivity contribution in [1.82, 2.24) is 9.80 Å². The molecule has 2 aliphatic heterocycles. The third kappa shape index (κ3) is 4.12. The van der Waals surface area contributed by atoms with E-state index in [1.807, 2.05) is 31.2 Å². The largest absolute Gasteiger partial charge is 0.379 e. The van der Waals surface area contributed by atoms with Crippen LogP contribution in [0.2, 0.25) is 0 Å². The quantitative estimate of drug-likeness (QED) is 0.856. The summed E-state index contributed by atoms with van der Waals surface area (Å²) < 4.78 is 5.42. The van der Waals surface area contributed by atoms with Gasteiger partial charge in [-0.15, -0.1) is 0 Å². The fourth-order valence-electron chi connectivity index (χ4n) is 3.69. The fourth-order valence-corrected chi connectivity index (χ4v) is 3.69. The smallest absolute Gasteiger partial charge is 0.254 e. The molecule has 1 aromatic rings. The van der Waals surface area contributed by atoms with E-state index in [2.05, 4.69) is 9.80 Å². The molecule has 0 radical (unpaired) electrons. The Kier molecular flexibility index (Phi) is 5.68. The zero-order chi connectivity index (χ0) is 16.1. The molecule has 0 spiro atoms. The van der Waals surface area contributed by atoms with Crippen LogP contribution in [0.15, 0.2) is 24.3 Å². The monoisotopic (exact) mass is 316 g/mol. The number of aryl methyl sites for hydroxylation is 1. The second kappa shape index (κ2) is 7.93. The van der Waals surface area contributed by atoms with Gasteiger partial charge in [0, 0.05) is 37.8 Å². The Morgan fingerprint density at radius 3 is 2.74 bits per heavy atom. The average Bonchev–Trinajstić information content (AvgIpc) is 2.61. The van der Waals surface area contributed by atoms with Crippen molar-refractivity contribution >= 4 is 5.91 Å². The highest BCUT2D eigenvalue weighted by atomic mass is 16.5. The van der Waals surface area contributed by atoms with Crippen molar-refractivity contribution in [3.8, 4) is 0 Å². The normalized spacial score (nSPS) is 23.0. The van der Waals surface area contributed by atoms with E-state index in [-0.39, 0.29) is 5.91 Å². The maximum Gasteiger partial charge on any atom is 0.254 e. The summed E-state index contributed by atoms with van der Waals surface area (Å²) in [5.74, 6) is 0.217. The highest BCUT2D eigenvalue weighted by Crippen LogP contribution is 2.23. The van der Waals surface area contributed by atoms with Gasteiger partial charge in [0.1, 0.15) is 0 Å². The van der Waals surface area contributed by atoms with Gasteiger partial charge in [0.15, 0.2) is 0 Å². The Hall–Kier alpha value is -1.39. The first-order valence-corrected chi connectivity index (χ1v) is 8.92. The fraction of sp³-hybridized carbons (Fsp3) is 0.632. The van der Waals surface area contributed by atoms with Gasteiger partial charge in [-0.25, -0.2) is 0 Å². The maximum atomic E-state index is 13.0. The Morgan fingerprint density at radius 2 is 1.96 bits per heavy atom. The Morgan fingerprint density at radius 1 is 1.17 bits per heavy atom. The maximum absolute atomic E-state index is 13.0. The predicted octanol–water partition coefficient (Wildman–Crippen LogP) is 2.71. The van der Waals surface area contributed by atoms with E-state index in [0.717, 1.165) is 69.8 Å². The van der Waals surface area contributed by atoms with Crippen LogP contribution < -0.4 is 0 Å². The number of benzene rings is 1. The van der Waals surface area contributed by atoms with E-state index in [1.165, 1.54) is 6.42 Å². The molecule has 3 rings (SSSR count). The van der Waals surface area contributed by atoms with Gasteiger partial charge in [-0.05, 0) is 44.2 Å². The van der Waals surface area contributed by atoms with E-state index in [0.29, 0.717) is 6.04 Å². The lowest BCUT2D eigenvalue weighted by atomic mass is 9.97. The van der Waals surface area contributed by atoms with Crippen LogP contribution in [-0.4, -0.2) is 61.1 Å². The van der Waals surface area contributed by atoms with E-state index in [9.17, 15) is 4.79 Å². The summed E-state index contributed by atoms with van der Waals surface area (Å²) >= 11 is 0. The number of amides is 1. The zero-order valence-corrected chi connectivity index (χ0v) is 14.2. The van der Waals surface area contributed by atoms with Gasteiger partial charge in [0.25, 0.3) is 5.91 Å². The Labute approximate surface area is 139 Å². The molecule has 0 aliphatic carbocycles. The number of carbonyl (C=O) groups excluding carboxylic acids is 1. The van der Waals surface area contributed by atoms with Crippen molar-refractivity contribution in [2.24, 2.45) is 0 Å². The first-order valence-electron chi connectivity index (χ1n) is 8.92. The number of morpholine rings is 1. The number of piperidine rings is 1. The van der Waals surface area contributed by atoms with E-state index >= 15 is 0 Å². The van der Waals surface area contributed by atoms with Gasteiger partial charge in [0.2, 0.25) is 0 Å². The third-order valence-corrected chi connectivity index (χ3v) is 5.15. The van der Waals surface area contributed by atoms with Crippen molar-refractivity contribution in [2.45, 2.75) is 38.6 Å². The predicted molar refractivity (Wildman–Crippen MR) is 91.7 cm³/mol. The van der Waals surface area contributed by atoms with Crippen LogP contribution in [0.3, 0.4) is 0 Å². The summed E-state index contributed by atoms with van der Waals surface area (Å²) in [6.45, 7) is 7.75. The van der Waals surface area contributed by atoms with Gasteiger partial charge < -0.3 is 9.64 Å². The van der Waals surface area contributed by atoms with Crippen LogP contribution >= 0.6 is 0 Å². The molecule has 4 heteroatoms. The molecule has 126 valence electrons. The lowest BCUT2D eigenvalue weighted by molar-refractivity contribution is 0.0295. The molecular weight excluding hydrogens is 288 g/mol. The van der Waals surface area contributed by atoms with E-state index < -0.39 is 0 Å². The van der Waals surface area contributed by atoms with Crippen LogP contribution in [0, 0.1) is 6.92 Å². The molecule has 4 nitrogen and oxygen atoms in total. The molecular formula is C19H28N2O2. The lowest BCUT2D eigenvalue weighted by Gasteiger charge is -2.38. The summed E-state index contributed by atoms with van der Waals surface area (Å²) in [7, 11) is 0. The molecule has 23 heavy (non-hydrogen) atoms. The van der Waals surface area contributed by atoms with Crippen molar-refractivity contribution in [2.75, 3.05) is 39.4 Å². The molecule has 0 aromatic heterocycles. The molecule has 0 N–H and O–H groups in total. The SMILES string of the molecule is Cc1ccccc1C(=O)N1CCCC[C@H]1CCN1CCOCC1. The number of hydrogen-bond donors (Lipinski definition) is 0. The molecule has 2 heterocycles. The Bertz CT molecular complexity index is 526. The number of carbonyl (C=O) groups is 1. The molecule has 2 saturated heterocycles. The zero-order valence-electron chi connectivity index (χ0n) is 14.2. The molecule has 0 unspecified atom stereocenters. The van der Waals surface area contributed by atoms with Crippen LogP contribution in [0.25, 0.3) is 0 Å². The van der Waals surface area contributed by atoms with Crippen LogP contribution in [0.4, 0.5) is 0 Å². The molecule has 1 amide bonds. The van der Waals surface area contributed by atoms with E-state index in [1.54, 1.807) is 0 Å². The second-order valence-corrected chi connectivity index (χ2v) is 6.71. The van der Waals surface area contributed by atoms with Gasteiger partial charge >= 0.3 is 0 Å². The molecule has 1 atom stereocenters. The first-order chi connectivity index (χ1) is 11.3. The summed E-state index contributed by atoms with van der Waals surface area (Å²) in [6.07, 6.45) is 4.59. The lowest BCUT2D eigenvalue weighted by Crippen LogP contribution is -2.46. The molecule has 2 fully saturated rings. The third-order valence-electron chi connectivity index (χ3n) is 5.15. The average molecular weight is 316 g/mol. The number of hydrogen-bond acceptors (Lipinski definition) is 3. The minimum Gasteiger partial charge on any atom is -0.379 e. The molecule has 0 bridgehead atoms. The van der Waals surface area contributed by atoms with E-state index in [4.69, 9.17) is 4.74 Å². The van der Waals surface area contributed by atoms with Crippen LogP contribution in [0.1, 0.15) is 41.6 Å². The number of ether oxygens (including phenoxy) is 1. The summed E-state index contributed by atoms with van der Waals surface area (Å²) in [4.78, 5) is 17.6. The summed E-state index contributed by atoms with van der Waals surface area (Å²) in [6, 6.07) is 8.34. The summed E-state index contributed by atoms with van der Waals surface area (Å²) in [5.41, 5.74) is 1.95. The Balaban J connectivity index is 1.63. The van der Waals surface area contributed by atoms with Crippen LogP contribution in [-0.2, 0) is 4.74 Å². The van der Waals surface area contributed by atoms with Crippen molar-refractivity contribution < 1.29 is 9.53 Å². The van der Waals surface area contributed by atoms with Crippen molar-refractivity contribution in [3.05, 3.63) is 35.4 Å². The van der Waals surface area contributed by atoms with Gasteiger partial charge in [0.05, 0.1) is 13.2 Å². The first kappa shape index (κ1) is 16.5. The summed E-state index contributed by atoms with van der Waals surface area (Å²) in [5, 5.41) is 0. The highest BCUT2D eigenvalue weighted by Gasteiger charge is 2.28. The molecule has 2 aliphatic rings. The molecule has 0 saturated carbocycles. The minimum atomic E-state index is 0.217. The van der Waals surface area contributed by atoms with Gasteiger partial charge in [-0.2, -0.15) is 0 Å². The second-order valence-electron chi connectivity index (χ2n) is 6.71. The number of likely N-dealkylation sites (tertiary alicyclic amines) is 1. The highest BCUT2D eigenvalue weighted by molar-refractivity contribution is 5.95. The van der Waals surface area contributed by atoms with Gasteiger partial charge in [-0.1, -0.05) is 18.2 Å². The van der Waals surface area contributed by atoms with Crippen LogP contribution in [0.5, 0.6) is 0 Å². The van der Waals surface area contributed by atoms with Gasteiger partial charge in [-0.3, -0.25) is 9.69 Å². The topological polar surface area (TPSA) is 32.8 Å².